The monoisotopic (exact) mass is 268 g/mol. The van der Waals surface area contributed by atoms with Crippen molar-refractivity contribution in [2.75, 3.05) is 13.2 Å². The molecule has 0 radical (unpaired) electrons. The van der Waals surface area contributed by atoms with Crippen LogP contribution in [0.2, 0.25) is 5.02 Å². The van der Waals surface area contributed by atoms with Gasteiger partial charge in [0.05, 0.1) is 11.1 Å². The summed E-state index contributed by atoms with van der Waals surface area (Å²) in [7, 11) is 0. The molecule has 0 spiro atoms. The van der Waals surface area contributed by atoms with Gasteiger partial charge in [-0.1, -0.05) is 23.7 Å². The second kappa shape index (κ2) is 6.20. The fourth-order valence-electron chi connectivity index (χ4n) is 1.87. The molecule has 4 nitrogen and oxygen atoms in total. The van der Waals surface area contributed by atoms with Crippen LogP contribution in [0.4, 0.5) is 0 Å². The first-order chi connectivity index (χ1) is 8.76. The molecule has 1 heterocycles. The Bertz CT molecular complexity index is 513. The molecule has 0 amide bonds. The van der Waals surface area contributed by atoms with Gasteiger partial charge in [-0.3, -0.25) is 5.84 Å². The molecule has 0 aliphatic rings. The van der Waals surface area contributed by atoms with E-state index in [-0.39, 0.29) is 6.04 Å². The van der Waals surface area contributed by atoms with Crippen molar-refractivity contribution < 1.29 is 9.15 Å². The number of para-hydroxylation sites is 1. The van der Waals surface area contributed by atoms with Gasteiger partial charge in [0.15, 0.2) is 5.58 Å². The molecule has 1 atom stereocenters. The molecule has 0 bridgehead atoms. The molecule has 1 aromatic carbocycles. The van der Waals surface area contributed by atoms with E-state index in [0.717, 1.165) is 17.6 Å². The Morgan fingerprint density at radius 1 is 1.50 bits per heavy atom. The van der Waals surface area contributed by atoms with Gasteiger partial charge in [0.1, 0.15) is 5.76 Å². The molecule has 18 heavy (non-hydrogen) atoms. The number of hydrogen-bond donors (Lipinski definition) is 2. The number of nitrogens with one attached hydrogen (secondary N) is 1. The molecule has 2 rings (SSSR count). The van der Waals surface area contributed by atoms with Crippen LogP contribution in [0.1, 0.15) is 25.1 Å². The summed E-state index contributed by atoms with van der Waals surface area (Å²) in [5, 5.41) is 1.59. The zero-order valence-electron chi connectivity index (χ0n) is 10.3. The van der Waals surface area contributed by atoms with Crippen molar-refractivity contribution >= 4 is 22.6 Å². The summed E-state index contributed by atoms with van der Waals surface area (Å²) in [6, 6.07) is 7.55. The molecule has 3 N–H and O–H groups in total. The number of hydrogen-bond acceptors (Lipinski definition) is 4. The fourth-order valence-corrected chi connectivity index (χ4v) is 2.09. The number of halogens is 1. The van der Waals surface area contributed by atoms with Gasteiger partial charge in [0.25, 0.3) is 0 Å². The van der Waals surface area contributed by atoms with Crippen LogP contribution < -0.4 is 11.3 Å². The summed E-state index contributed by atoms with van der Waals surface area (Å²) in [5.41, 5.74) is 3.44. The Balaban J connectivity index is 2.20. The summed E-state index contributed by atoms with van der Waals surface area (Å²) in [5.74, 6) is 6.33. The van der Waals surface area contributed by atoms with Crippen LogP contribution >= 0.6 is 11.6 Å². The molecule has 98 valence electrons. The van der Waals surface area contributed by atoms with Crippen LogP contribution in [0.25, 0.3) is 11.0 Å². The Kier molecular flexibility index (Phi) is 4.60. The van der Waals surface area contributed by atoms with E-state index in [1.54, 1.807) is 0 Å². The van der Waals surface area contributed by atoms with Crippen LogP contribution in [0.5, 0.6) is 0 Å². The Morgan fingerprint density at radius 2 is 2.33 bits per heavy atom. The van der Waals surface area contributed by atoms with Crippen molar-refractivity contribution in [3.63, 3.8) is 0 Å². The number of fused-ring (bicyclic) bond motifs is 1. The van der Waals surface area contributed by atoms with E-state index < -0.39 is 0 Å². The van der Waals surface area contributed by atoms with Gasteiger partial charge in [0.2, 0.25) is 0 Å². The molecule has 0 saturated heterocycles. The number of ether oxygens (including phenoxy) is 1. The lowest BCUT2D eigenvalue weighted by Gasteiger charge is -2.12. The van der Waals surface area contributed by atoms with Crippen LogP contribution in [0.15, 0.2) is 28.7 Å². The van der Waals surface area contributed by atoms with Gasteiger partial charge in [-0.15, -0.1) is 0 Å². The zero-order chi connectivity index (χ0) is 13.0. The molecule has 0 aliphatic heterocycles. The number of rotatable bonds is 6. The minimum Gasteiger partial charge on any atom is -0.458 e. The maximum atomic E-state index is 6.07. The molecule has 0 aliphatic carbocycles. The Labute approximate surface area is 111 Å². The number of nitrogens with two attached hydrogens (primary N) is 1. The minimum atomic E-state index is -0.0694. The van der Waals surface area contributed by atoms with Crippen molar-refractivity contribution in [1.82, 2.24) is 5.43 Å². The van der Waals surface area contributed by atoms with Crippen molar-refractivity contribution in [1.29, 1.82) is 0 Å². The molecule has 2 aromatic rings. The van der Waals surface area contributed by atoms with E-state index in [9.17, 15) is 0 Å². The lowest BCUT2D eigenvalue weighted by molar-refractivity contribution is 0.134. The highest BCUT2D eigenvalue weighted by atomic mass is 35.5. The van der Waals surface area contributed by atoms with Crippen LogP contribution in [-0.2, 0) is 4.74 Å². The number of hydrazine groups is 1. The first kappa shape index (κ1) is 13.4. The highest BCUT2D eigenvalue weighted by Gasteiger charge is 2.15. The zero-order valence-corrected chi connectivity index (χ0v) is 11.0. The fraction of sp³-hybridized carbons (Fsp3) is 0.385. The molecule has 1 aromatic heterocycles. The minimum absolute atomic E-state index is 0.0694. The third-order valence-corrected chi connectivity index (χ3v) is 3.11. The van der Waals surface area contributed by atoms with Gasteiger partial charge in [0, 0.05) is 18.6 Å². The molecule has 1 unspecified atom stereocenters. The highest BCUT2D eigenvalue weighted by Crippen LogP contribution is 2.30. The van der Waals surface area contributed by atoms with E-state index in [2.05, 4.69) is 5.43 Å². The molecule has 0 saturated carbocycles. The molecular formula is C13H17ClN2O2. The van der Waals surface area contributed by atoms with E-state index >= 15 is 0 Å². The predicted molar refractivity (Wildman–Crippen MR) is 72.4 cm³/mol. The van der Waals surface area contributed by atoms with E-state index in [4.69, 9.17) is 26.6 Å². The Morgan fingerprint density at radius 3 is 3.00 bits per heavy atom. The van der Waals surface area contributed by atoms with Crippen molar-refractivity contribution in [2.24, 2.45) is 5.84 Å². The first-order valence-corrected chi connectivity index (χ1v) is 6.36. The van der Waals surface area contributed by atoms with Gasteiger partial charge in [-0.05, 0) is 25.5 Å². The van der Waals surface area contributed by atoms with Gasteiger partial charge in [-0.2, -0.15) is 0 Å². The smallest absolute Gasteiger partial charge is 0.152 e. The van der Waals surface area contributed by atoms with Crippen molar-refractivity contribution in [2.45, 2.75) is 19.4 Å². The van der Waals surface area contributed by atoms with Gasteiger partial charge >= 0.3 is 0 Å². The first-order valence-electron chi connectivity index (χ1n) is 5.98. The van der Waals surface area contributed by atoms with Crippen molar-refractivity contribution in [3.8, 4) is 0 Å². The van der Waals surface area contributed by atoms with Crippen LogP contribution in [0, 0.1) is 0 Å². The molecule has 5 heteroatoms. The van der Waals surface area contributed by atoms with Crippen molar-refractivity contribution in [3.05, 3.63) is 35.0 Å². The maximum absolute atomic E-state index is 6.07. The summed E-state index contributed by atoms with van der Waals surface area (Å²) in [6.07, 6.45) is 0.752. The van der Waals surface area contributed by atoms with E-state index in [1.165, 1.54) is 0 Å². The standard InChI is InChI=1S/C13H17ClN2O2/c1-2-17-7-6-11(16-15)12-8-9-4-3-5-10(14)13(9)18-12/h3-5,8,11,16H,2,6-7,15H2,1H3. The number of furan rings is 1. The van der Waals surface area contributed by atoms with Crippen LogP contribution in [-0.4, -0.2) is 13.2 Å². The summed E-state index contributed by atoms with van der Waals surface area (Å²) >= 11 is 6.07. The van der Waals surface area contributed by atoms with Crippen LogP contribution in [0.3, 0.4) is 0 Å². The normalized spacial score (nSPS) is 13.1. The van der Waals surface area contributed by atoms with Gasteiger partial charge < -0.3 is 9.15 Å². The topological polar surface area (TPSA) is 60.4 Å². The average Bonchev–Trinajstić information content (AvgIpc) is 2.80. The largest absolute Gasteiger partial charge is 0.458 e. The predicted octanol–water partition coefficient (Wildman–Crippen LogP) is 3.02. The van der Waals surface area contributed by atoms with E-state index in [0.29, 0.717) is 23.8 Å². The van der Waals surface area contributed by atoms with E-state index in [1.807, 2.05) is 31.2 Å². The average molecular weight is 269 g/mol. The lowest BCUT2D eigenvalue weighted by Crippen LogP contribution is -2.28. The van der Waals surface area contributed by atoms with Gasteiger partial charge in [-0.25, -0.2) is 5.43 Å². The third kappa shape index (κ3) is 2.84. The lowest BCUT2D eigenvalue weighted by atomic mass is 10.1. The molecule has 0 fully saturated rings. The molecular weight excluding hydrogens is 252 g/mol. The second-order valence-corrected chi connectivity index (χ2v) is 4.42. The SMILES string of the molecule is CCOCCC(NN)c1cc2cccc(Cl)c2o1. The third-order valence-electron chi connectivity index (χ3n) is 2.81. The summed E-state index contributed by atoms with van der Waals surface area (Å²) in [4.78, 5) is 0. The second-order valence-electron chi connectivity index (χ2n) is 4.01. The quantitative estimate of drug-likeness (QED) is 0.480. The summed E-state index contributed by atoms with van der Waals surface area (Å²) in [6.45, 7) is 3.30. The maximum Gasteiger partial charge on any atom is 0.152 e. The number of benzene rings is 1. The highest BCUT2D eigenvalue weighted by molar-refractivity contribution is 6.34. The Hall–Kier alpha value is -1.07. The summed E-state index contributed by atoms with van der Waals surface area (Å²) < 4.78 is 11.1.